The molecular weight excluding hydrogens is 407 g/mol. The van der Waals surface area contributed by atoms with Gasteiger partial charge in [-0.2, -0.15) is 0 Å². The number of aryl methyl sites for hydroxylation is 1. The number of hydrogen-bond acceptors (Lipinski definition) is 3. The number of aliphatic hydroxyl groups is 1. The molecule has 152 valence electrons. The van der Waals surface area contributed by atoms with Crippen LogP contribution in [0, 0.1) is 23.7 Å². The van der Waals surface area contributed by atoms with E-state index in [2.05, 4.69) is 6.92 Å². The van der Waals surface area contributed by atoms with Crippen LogP contribution in [-0.2, 0) is 11.2 Å². The van der Waals surface area contributed by atoms with Gasteiger partial charge in [0.05, 0.1) is 10.6 Å². The largest absolute Gasteiger partial charge is 0.511 e. The van der Waals surface area contributed by atoms with E-state index in [1.54, 1.807) is 6.08 Å². The molecule has 0 spiro atoms. The van der Waals surface area contributed by atoms with Gasteiger partial charge in [-0.1, -0.05) is 36.2 Å². The number of benzene rings is 1. The molecule has 0 unspecified atom stereocenters. The first-order valence-corrected chi connectivity index (χ1v) is 11.3. The summed E-state index contributed by atoms with van der Waals surface area (Å²) in [5.74, 6) is 2.62. The minimum atomic E-state index is -0.0270. The third-order valence-electron chi connectivity index (χ3n) is 7.15. The van der Waals surface area contributed by atoms with Crippen LogP contribution in [0.4, 0.5) is 0 Å². The standard InChI is InChI=1S/C24H24Cl2O3/c1-2-12-5-7-16(29-19-8-6-15(25)10-18(19)26)11-17(12)22-23(27)20-13-3-4-14(9-13)21(20)24(22)28/h5,7,10-11,13-14,20-21,27H,2-4,6,8-9H2,1H3/t13-,14+,20-,21+/m1/s1. The van der Waals surface area contributed by atoms with Crippen molar-refractivity contribution in [2.75, 3.05) is 0 Å². The molecule has 1 aromatic rings. The van der Waals surface area contributed by atoms with E-state index in [4.69, 9.17) is 27.9 Å². The highest BCUT2D eigenvalue weighted by atomic mass is 35.5. The first kappa shape index (κ1) is 19.3. The number of ether oxygens (including phenoxy) is 1. The number of rotatable bonds is 4. The molecule has 0 heterocycles. The maximum atomic E-state index is 13.3. The van der Waals surface area contributed by atoms with E-state index < -0.39 is 0 Å². The van der Waals surface area contributed by atoms with Crippen molar-refractivity contribution in [1.29, 1.82) is 0 Å². The molecular formula is C24H24Cl2O3. The van der Waals surface area contributed by atoms with Gasteiger partial charge in [-0.05, 0) is 73.3 Å². The lowest BCUT2D eigenvalue weighted by molar-refractivity contribution is -0.118. The van der Waals surface area contributed by atoms with E-state index in [0.717, 1.165) is 41.8 Å². The first-order valence-electron chi connectivity index (χ1n) is 10.5. The van der Waals surface area contributed by atoms with Crippen LogP contribution in [-0.4, -0.2) is 10.9 Å². The van der Waals surface area contributed by atoms with E-state index in [0.29, 0.717) is 52.6 Å². The zero-order valence-electron chi connectivity index (χ0n) is 16.4. The molecule has 0 amide bonds. The van der Waals surface area contributed by atoms with E-state index in [9.17, 15) is 9.90 Å². The average Bonchev–Trinajstić information content (AvgIpc) is 3.38. The van der Waals surface area contributed by atoms with Crippen LogP contribution in [0.15, 0.2) is 45.9 Å². The number of allylic oxidation sites excluding steroid dienone is 6. The molecule has 0 radical (unpaired) electrons. The Hall–Kier alpha value is -1.71. The Balaban J connectivity index is 1.53. The fourth-order valence-electron chi connectivity index (χ4n) is 5.84. The predicted octanol–water partition coefficient (Wildman–Crippen LogP) is 6.51. The van der Waals surface area contributed by atoms with Gasteiger partial charge >= 0.3 is 0 Å². The Morgan fingerprint density at radius 1 is 1.14 bits per heavy atom. The van der Waals surface area contributed by atoms with E-state index >= 15 is 0 Å². The van der Waals surface area contributed by atoms with Crippen molar-refractivity contribution in [2.24, 2.45) is 23.7 Å². The molecule has 2 bridgehead atoms. The lowest BCUT2D eigenvalue weighted by Crippen LogP contribution is -2.24. The highest BCUT2D eigenvalue weighted by molar-refractivity contribution is 6.35. The lowest BCUT2D eigenvalue weighted by atomic mass is 9.80. The fraction of sp³-hybridized carbons (Fsp3) is 0.458. The van der Waals surface area contributed by atoms with Crippen LogP contribution in [0.25, 0.3) is 5.57 Å². The van der Waals surface area contributed by atoms with Crippen LogP contribution < -0.4 is 4.74 Å². The van der Waals surface area contributed by atoms with Gasteiger partial charge in [-0.3, -0.25) is 4.79 Å². The van der Waals surface area contributed by atoms with Gasteiger partial charge in [-0.15, -0.1) is 0 Å². The Morgan fingerprint density at radius 2 is 1.90 bits per heavy atom. The van der Waals surface area contributed by atoms with Gasteiger partial charge in [-0.25, -0.2) is 0 Å². The summed E-state index contributed by atoms with van der Waals surface area (Å²) in [4.78, 5) is 13.3. The Kier molecular flexibility index (Phi) is 4.79. The highest BCUT2D eigenvalue weighted by Gasteiger charge is 2.57. The molecule has 5 heteroatoms. The third kappa shape index (κ3) is 3.05. The molecule has 4 aliphatic carbocycles. The van der Waals surface area contributed by atoms with Crippen molar-refractivity contribution in [1.82, 2.24) is 0 Å². The van der Waals surface area contributed by atoms with Gasteiger partial charge in [0.25, 0.3) is 0 Å². The molecule has 4 aliphatic rings. The van der Waals surface area contributed by atoms with Crippen LogP contribution in [0.3, 0.4) is 0 Å². The number of carbonyl (C=O) groups is 1. The third-order valence-corrected chi connectivity index (χ3v) is 7.77. The number of aliphatic hydroxyl groups excluding tert-OH is 1. The molecule has 2 saturated carbocycles. The molecule has 5 rings (SSSR count). The lowest BCUT2D eigenvalue weighted by Gasteiger charge is -2.23. The minimum Gasteiger partial charge on any atom is -0.511 e. The van der Waals surface area contributed by atoms with Crippen molar-refractivity contribution in [3.63, 3.8) is 0 Å². The molecule has 0 aromatic heterocycles. The zero-order chi connectivity index (χ0) is 20.3. The summed E-state index contributed by atoms with van der Waals surface area (Å²) in [7, 11) is 0. The molecule has 1 aromatic carbocycles. The Labute approximate surface area is 181 Å². The average molecular weight is 431 g/mol. The molecule has 0 saturated heterocycles. The maximum Gasteiger partial charge on any atom is 0.170 e. The summed E-state index contributed by atoms with van der Waals surface area (Å²) in [6, 6.07) is 5.78. The van der Waals surface area contributed by atoms with Gasteiger partial charge < -0.3 is 9.84 Å². The summed E-state index contributed by atoms with van der Waals surface area (Å²) < 4.78 is 6.06. The Bertz CT molecular complexity index is 988. The molecule has 4 atom stereocenters. The minimum absolute atomic E-state index is 0.0216. The second-order valence-corrected chi connectivity index (χ2v) is 9.54. The number of fused-ring (bicyclic) bond motifs is 5. The van der Waals surface area contributed by atoms with Crippen molar-refractivity contribution < 1.29 is 14.6 Å². The van der Waals surface area contributed by atoms with E-state index in [1.807, 2.05) is 18.2 Å². The van der Waals surface area contributed by atoms with Crippen LogP contribution in [0.5, 0.6) is 5.75 Å². The SMILES string of the molecule is CCc1ccc(OC2=C(Cl)C=C(Cl)CC2)cc1C1=C(O)[C@@H]2[C@@H]3CC[C@@H](C3)[C@@H]2C1=O. The first-order chi connectivity index (χ1) is 14.0. The summed E-state index contributed by atoms with van der Waals surface area (Å²) in [5.41, 5.74) is 2.37. The molecule has 29 heavy (non-hydrogen) atoms. The summed E-state index contributed by atoms with van der Waals surface area (Å²) in [6.45, 7) is 2.06. The highest BCUT2D eigenvalue weighted by Crippen LogP contribution is 2.60. The van der Waals surface area contributed by atoms with E-state index in [-0.39, 0.29) is 17.6 Å². The van der Waals surface area contributed by atoms with Crippen LogP contribution in [0.2, 0.25) is 0 Å². The molecule has 3 nitrogen and oxygen atoms in total. The maximum absolute atomic E-state index is 13.3. The van der Waals surface area contributed by atoms with Crippen LogP contribution >= 0.6 is 23.2 Å². The quantitative estimate of drug-likeness (QED) is 0.591. The zero-order valence-corrected chi connectivity index (χ0v) is 17.9. The molecule has 1 N–H and O–H groups in total. The van der Waals surface area contributed by atoms with Crippen LogP contribution in [0.1, 0.15) is 50.2 Å². The van der Waals surface area contributed by atoms with Gasteiger partial charge in [0.1, 0.15) is 17.3 Å². The normalized spacial score (nSPS) is 30.9. The number of halogens is 2. The van der Waals surface area contributed by atoms with Gasteiger partial charge in [0.15, 0.2) is 5.78 Å². The second-order valence-electron chi connectivity index (χ2n) is 8.65. The summed E-state index contributed by atoms with van der Waals surface area (Å²) in [6.07, 6.45) is 7.17. The second kappa shape index (κ2) is 7.21. The van der Waals surface area contributed by atoms with Crippen molar-refractivity contribution in [3.8, 4) is 5.75 Å². The number of ketones is 1. The smallest absolute Gasteiger partial charge is 0.170 e. The van der Waals surface area contributed by atoms with Gasteiger partial charge in [0.2, 0.25) is 0 Å². The predicted molar refractivity (Wildman–Crippen MR) is 115 cm³/mol. The molecule has 0 aliphatic heterocycles. The van der Waals surface area contributed by atoms with E-state index in [1.165, 1.54) is 0 Å². The van der Waals surface area contributed by atoms with Crippen molar-refractivity contribution in [2.45, 2.75) is 45.4 Å². The van der Waals surface area contributed by atoms with Crippen molar-refractivity contribution >= 4 is 34.6 Å². The number of Topliss-reactive ketones (excluding diaryl/α,β-unsaturated/α-hetero) is 1. The topological polar surface area (TPSA) is 46.5 Å². The summed E-state index contributed by atoms with van der Waals surface area (Å²) in [5, 5.41) is 12.3. The number of carbonyl (C=O) groups excluding carboxylic acids is 1. The Morgan fingerprint density at radius 3 is 2.59 bits per heavy atom. The monoisotopic (exact) mass is 430 g/mol. The number of hydrogen-bond donors (Lipinski definition) is 1. The fourth-order valence-corrected chi connectivity index (χ4v) is 6.36. The summed E-state index contributed by atoms with van der Waals surface area (Å²) >= 11 is 12.3. The molecule has 2 fully saturated rings. The van der Waals surface area contributed by atoms with Gasteiger partial charge in [0, 0.05) is 23.3 Å². The van der Waals surface area contributed by atoms with Crippen molar-refractivity contribution in [3.05, 3.63) is 57.0 Å².